The first-order valence-corrected chi connectivity index (χ1v) is 5.81. The molecule has 0 aromatic carbocycles. The van der Waals surface area contributed by atoms with Crippen LogP contribution in [0.5, 0.6) is 0 Å². The van der Waals surface area contributed by atoms with Gasteiger partial charge in [-0.05, 0) is 29.3 Å². The van der Waals surface area contributed by atoms with Crippen LogP contribution in [-0.4, -0.2) is 22.5 Å². The number of carbonyl (C=O) groups excluding carboxylic acids is 1. The zero-order valence-electron chi connectivity index (χ0n) is 10.3. The summed E-state index contributed by atoms with van der Waals surface area (Å²) in [5.41, 5.74) is 7.64. The van der Waals surface area contributed by atoms with Gasteiger partial charge in [-0.1, -0.05) is 12.2 Å². The fraction of sp³-hybridized carbons (Fsp3) is 0.0714. The van der Waals surface area contributed by atoms with Crippen molar-refractivity contribution in [3.8, 4) is 0 Å². The van der Waals surface area contributed by atoms with E-state index in [0.717, 1.165) is 11.1 Å². The average molecular weight is 254 g/mol. The van der Waals surface area contributed by atoms with Crippen LogP contribution in [0.1, 0.15) is 21.5 Å². The fourth-order valence-corrected chi connectivity index (χ4v) is 1.53. The Bertz CT molecular complexity index is 581. The predicted molar refractivity (Wildman–Crippen MR) is 73.9 cm³/mol. The molecule has 0 aliphatic rings. The molecule has 0 aliphatic carbocycles. The van der Waals surface area contributed by atoms with Gasteiger partial charge in [0.2, 0.25) is 0 Å². The fourth-order valence-electron chi connectivity index (χ4n) is 1.53. The van der Waals surface area contributed by atoms with E-state index in [9.17, 15) is 4.79 Å². The van der Waals surface area contributed by atoms with E-state index in [2.05, 4.69) is 15.3 Å². The molecule has 0 bridgehead atoms. The molecule has 1 amide bonds. The van der Waals surface area contributed by atoms with Crippen molar-refractivity contribution in [1.82, 2.24) is 15.3 Å². The first kappa shape index (κ1) is 12.9. The number of hydrogen-bond donors (Lipinski definition) is 2. The van der Waals surface area contributed by atoms with Crippen LogP contribution >= 0.6 is 0 Å². The molecule has 0 atom stereocenters. The highest BCUT2D eigenvalue weighted by atomic mass is 16.1. The number of nitrogens with zero attached hydrogens (tertiary/aromatic N) is 2. The number of carbonyl (C=O) groups is 1. The number of amides is 1. The van der Waals surface area contributed by atoms with E-state index >= 15 is 0 Å². The number of aromatic nitrogens is 2. The lowest BCUT2D eigenvalue weighted by Gasteiger charge is -2.02. The van der Waals surface area contributed by atoms with Gasteiger partial charge in [-0.25, -0.2) is 0 Å². The zero-order chi connectivity index (χ0) is 13.5. The SMILES string of the molecule is NCNC(=O)c1cncc(/C=C/c2ccncc2)c1. The number of hydrogen-bond acceptors (Lipinski definition) is 4. The van der Waals surface area contributed by atoms with Crippen LogP contribution in [0.4, 0.5) is 0 Å². The van der Waals surface area contributed by atoms with Crippen LogP contribution in [0.2, 0.25) is 0 Å². The van der Waals surface area contributed by atoms with Gasteiger partial charge in [-0.2, -0.15) is 0 Å². The van der Waals surface area contributed by atoms with Crippen LogP contribution in [0.25, 0.3) is 12.2 Å². The van der Waals surface area contributed by atoms with E-state index < -0.39 is 0 Å². The maximum absolute atomic E-state index is 11.6. The minimum Gasteiger partial charge on any atom is -0.340 e. The second kappa shape index (κ2) is 6.42. The van der Waals surface area contributed by atoms with Crippen molar-refractivity contribution in [3.05, 3.63) is 59.7 Å². The molecule has 5 nitrogen and oxygen atoms in total. The van der Waals surface area contributed by atoms with Gasteiger partial charge >= 0.3 is 0 Å². The molecule has 2 aromatic rings. The smallest absolute Gasteiger partial charge is 0.253 e. The Morgan fingerprint density at radius 3 is 2.63 bits per heavy atom. The van der Waals surface area contributed by atoms with Gasteiger partial charge in [0, 0.05) is 24.8 Å². The lowest BCUT2D eigenvalue weighted by atomic mass is 10.1. The number of nitrogens with one attached hydrogen (secondary N) is 1. The van der Waals surface area contributed by atoms with Crippen LogP contribution in [0, 0.1) is 0 Å². The van der Waals surface area contributed by atoms with Crippen molar-refractivity contribution in [2.24, 2.45) is 5.73 Å². The van der Waals surface area contributed by atoms with Gasteiger partial charge in [0.05, 0.1) is 12.2 Å². The summed E-state index contributed by atoms with van der Waals surface area (Å²) in [6.45, 7) is 0.107. The molecule has 0 unspecified atom stereocenters. The average Bonchev–Trinajstić information content (AvgIpc) is 2.47. The van der Waals surface area contributed by atoms with Crippen molar-refractivity contribution in [1.29, 1.82) is 0 Å². The predicted octanol–water partition coefficient (Wildman–Crippen LogP) is 1.29. The van der Waals surface area contributed by atoms with Gasteiger partial charge in [0.1, 0.15) is 0 Å². The van der Waals surface area contributed by atoms with Crippen molar-refractivity contribution in [3.63, 3.8) is 0 Å². The largest absolute Gasteiger partial charge is 0.340 e. The van der Waals surface area contributed by atoms with Gasteiger partial charge < -0.3 is 11.1 Å². The molecule has 0 spiro atoms. The van der Waals surface area contributed by atoms with Crippen LogP contribution in [0.15, 0.2) is 43.0 Å². The Hall–Kier alpha value is -2.53. The lowest BCUT2D eigenvalue weighted by Crippen LogP contribution is -2.29. The highest BCUT2D eigenvalue weighted by Crippen LogP contribution is 2.08. The summed E-state index contributed by atoms with van der Waals surface area (Å²) in [5, 5.41) is 2.53. The molecule has 2 heterocycles. The van der Waals surface area contributed by atoms with E-state index in [1.165, 1.54) is 6.20 Å². The minimum atomic E-state index is -0.228. The Morgan fingerprint density at radius 2 is 1.89 bits per heavy atom. The van der Waals surface area contributed by atoms with E-state index in [0.29, 0.717) is 5.56 Å². The highest BCUT2D eigenvalue weighted by Gasteiger charge is 2.04. The van der Waals surface area contributed by atoms with Crippen molar-refractivity contribution in [2.75, 3.05) is 6.67 Å². The first-order valence-electron chi connectivity index (χ1n) is 5.81. The monoisotopic (exact) mass is 254 g/mol. The van der Waals surface area contributed by atoms with Gasteiger partial charge in [0.15, 0.2) is 0 Å². The summed E-state index contributed by atoms with van der Waals surface area (Å²) in [7, 11) is 0. The topological polar surface area (TPSA) is 80.9 Å². The zero-order valence-corrected chi connectivity index (χ0v) is 10.3. The molecular formula is C14H14N4O. The lowest BCUT2D eigenvalue weighted by molar-refractivity contribution is 0.0954. The molecule has 96 valence electrons. The second-order valence-corrected chi connectivity index (χ2v) is 3.83. The summed E-state index contributed by atoms with van der Waals surface area (Å²) >= 11 is 0. The molecule has 2 rings (SSSR count). The maximum Gasteiger partial charge on any atom is 0.253 e. The van der Waals surface area contributed by atoms with Crippen molar-refractivity contribution < 1.29 is 4.79 Å². The van der Waals surface area contributed by atoms with E-state index in [4.69, 9.17) is 5.73 Å². The quantitative estimate of drug-likeness (QED) is 0.806. The molecule has 0 saturated heterocycles. The van der Waals surface area contributed by atoms with Gasteiger partial charge in [-0.3, -0.25) is 14.8 Å². The van der Waals surface area contributed by atoms with Crippen molar-refractivity contribution >= 4 is 18.1 Å². The second-order valence-electron chi connectivity index (χ2n) is 3.83. The maximum atomic E-state index is 11.6. The summed E-state index contributed by atoms with van der Waals surface area (Å²) in [5.74, 6) is -0.228. The molecule has 3 N–H and O–H groups in total. The third-order valence-electron chi connectivity index (χ3n) is 2.46. The van der Waals surface area contributed by atoms with Gasteiger partial charge in [0.25, 0.3) is 5.91 Å². The Balaban J connectivity index is 2.15. The summed E-state index contributed by atoms with van der Waals surface area (Å²) in [6.07, 6.45) is 10.5. The molecule has 19 heavy (non-hydrogen) atoms. The minimum absolute atomic E-state index is 0.107. The Kier molecular flexibility index (Phi) is 4.36. The number of rotatable bonds is 4. The van der Waals surface area contributed by atoms with E-state index in [1.54, 1.807) is 24.7 Å². The third kappa shape index (κ3) is 3.72. The van der Waals surface area contributed by atoms with E-state index in [-0.39, 0.29) is 12.6 Å². The first-order chi connectivity index (χ1) is 9.29. The standard InChI is InChI=1S/C14H14N4O/c15-10-18-14(19)13-7-12(8-17-9-13)2-1-11-3-5-16-6-4-11/h1-9H,10,15H2,(H,18,19)/b2-1+. The van der Waals surface area contributed by atoms with Crippen LogP contribution < -0.4 is 11.1 Å². The third-order valence-corrected chi connectivity index (χ3v) is 2.46. The Morgan fingerprint density at radius 1 is 1.16 bits per heavy atom. The highest BCUT2D eigenvalue weighted by molar-refractivity contribution is 5.94. The molecule has 0 fully saturated rings. The normalized spacial score (nSPS) is 10.6. The van der Waals surface area contributed by atoms with Crippen molar-refractivity contribution in [2.45, 2.75) is 0 Å². The van der Waals surface area contributed by atoms with Crippen LogP contribution in [0.3, 0.4) is 0 Å². The molecular weight excluding hydrogens is 240 g/mol. The van der Waals surface area contributed by atoms with E-state index in [1.807, 2.05) is 24.3 Å². The molecule has 2 aromatic heterocycles. The summed E-state index contributed by atoms with van der Waals surface area (Å²) in [4.78, 5) is 19.6. The number of pyridine rings is 2. The number of nitrogens with two attached hydrogens (primary N) is 1. The molecule has 0 saturated carbocycles. The summed E-state index contributed by atoms with van der Waals surface area (Å²) < 4.78 is 0. The molecule has 5 heteroatoms. The van der Waals surface area contributed by atoms with Crippen LogP contribution in [-0.2, 0) is 0 Å². The molecule has 0 radical (unpaired) electrons. The Labute approximate surface area is 111 Å². The summed E-state index contributed by atoms with van der Waals surface area (Å²) in [6, 6.07) is 5.56. The molecule has 0 aliphatic heterocycles. The van der Waals surface area contributed by atoms with Gasteiger partial charge in [-0.15, -0.1) is 0 Å².